The zero-order chi connectivity index (χ0) is 13.9. The van der Waals surface area contributed by atoms with E-state index in [0.29, 0.717) is 11.7 Å². The highest BCUT2D eigenvalue weighted by molar-refractivity contribution is 7.09. The molecule has 1 N–H and O–H groups in total. The molecule has 2 atom stereocenters. The molecule has 2 heterocycles. The van der Waals surface area contributed by atoms with Gasteiger partial charge in [0.2, 0.25) is 0 Å². The van der Waals surface area contributed by atoms with E-state index in [1.807, 2.05) is 5.38 Å². The minimum Gasteiger partial charge on any atom is -0.481 e. The van der Waals surface area contributed by atoms with Gasteiger partial charge in [0.25, 0.3) is 0 Å². The second kappa shape index (κ2) is 6.08. The van der Waals surface area contributed by atoms with Crippen molar-refractivity contribution in [2.24, 2.45) is 5.92 Å². The third-order valence-corrected chi connectivity index (χ3v) is 4.50. The van der Waals surface area contributed by atoms with E-state index in [1.54, 1.807) is 23.6 Å². The normalized spacial score (nSPS) is 20.0. The third kappa shape index (κ3) is 2.95. The van der Waals surface area contributed by atoms with Crippen LogP contribution in [0.3, 0.4) is 0 Å². The van der Waals surface area contributed by atoms with Gasteiger partial charge in [-0.1, -0.05) is 11.6 Å². The quantitative estimate of drug-likeness (QED) is 0.935. The van der Waals surface area contributed by atoms with Crippen LogP contribution in [0.25, 0.3) is 0 Å². The molecule has 1 aromatic carbocycles. The summed E-state index contributed by atoms with van der Waals surface area (Å²) in [7, 11) is 0. The SMILES string of the molecule is Fc1ccc(OC(c2nccs2)C2CCNC2)c(Cl)c1. The molecule has 0 spiro atoms. The summed E-state index contributed by atoms with van der Waals surface area (Å²) in [4.78, 5) is 4.35. The lowest BCUT2D eigenvalue weighted by molar-refractivity contribution is 0.144. The molecule has 1 aromatic heterocycles. The van der Waals surface area contributed by atoms with Crippen LogP contribution in [0.1, 0.15) is 17.5 Å². The third-order valence-electron chi connectivity index (χ3n) is 3.37. The predicted molar refractivity (Wildman–Crippen MR) is 77.9 cm³/mol. The number of benzene rings is 1. The molecule has 0 aliphatic carbocycles. The Bertz CT molecular complexity index is 573. The van der Waals surface area contributed by atoms with Crippen LogP contribution in [-0.2, 0) is 0 Å². The van der Waals surface area contributed by atoms with Crippen molar-refractivity contribution in [3.8, 4) is 5.75 Å². The van der Waals surface area contributed by atoms with Gasteiger partial charge >= 0.3 is 0 Å². The highest BCUT2D eigenvalue weighted by Crippen LogP contribution is 2.36. The van der Waals surface area contributed by atoms with E-state index in [4.69, 9.17) is 16.3 Å². The summed E-state index contributed by atoms with van der Waals surface area (Å²) >= 11 is 7.61. The van der Waals surface area contributed by atoms with Crippen LogP contribution in [0.5, 0.6) is 5.75 Å². The molecule has 2 aromatic rings. The molecule has 0 bridgehead atoms. The maximum absolute atomic E-state index is 13.1. The van der Waals surface area contributed by atoms with Gasteiger partial charge < -0.3 is 10.1 Å². The minimum atomic E-state index is -0.365. The molecule has 1 aliphatic rings. The number of nitrogens with one attached hydrogen (secondary N) is 1. The number of hydrogen-bond acceptors (Lipinski definition) is 4. The number of thiazole rings is 1. The second-order valence-electron chi connectivity index (χ2n) is 4.74. The smallest absolute Gasteiger partial charge is 0.154 e. The van der Waals surface area contributed by atoms with E-state index >= 15 is 0 Å². The van der Waals surface area contributed by atoms with Crippen LogP contribution in [0, 0.1) is 11.7 Å². The van der Waals surface area contributed by atoms with E-state index in [0.717, 1.165) is 24.5 Å². The Kier molecular flexibility index (Phi) is 4.19. The lowest BCUT2D eigenvalue weighted by Crippen LogP contribution is -2.21. The summed E-state index contributed by atoms with van der Waals surface area (Å²) in [6, 6.07) is 4.19. The largest absolute Gasteiger partial charge is 0.481 e. The van der Waals surface area contributed by atoms with Gasteiger partial charge in [0, 0.05) is 24.0 Å². The molecule has 6 heteroatoms. The molecule has 1 fully saturated rings. The fourth-order valence-electron chi connectivity index (χ4n) is 2.37. The molecule has 0 saturated carbocycles. The molecule has 20 heavy (non-hydrogen) atoms. The summed E-state index contributed by atoms with van der Waals surface area (Å²) in [6.45, 7) is 1.87. The van der Waals surface area contributed by atoms with Gasteiger partial charge in [-0.15, -0.1) is 11.3 Å². The molecule has 0 radical (unpaired) electrons. The van der Waals surface area contributed by atoms with Crippen LogP contribution in [0.4, 0.5) is 4.39 Å². The Hall–Kier alpha value is -1.17. The monoisotopic (exact) mass is 312 g/mol. The predicted octanol–water partition coefficient (Wildman–Crippen LogP) is 3.67. The van der Waals surface area contributed by atoms with E-state index in [2.05, 4.69) is 10.3 Å². The first-order valence-electron chi connectivity index (χ1n) is 6.46. The Balaban J connectivity index is 1.86. The molecular weight excluding hydrogens is 299 g/mol. The molecule has 0 amide bonds. The number of hydrogen-bond donors (Lipinski definition) is 1. The van der Waals surface area contributed by atoms with Gasteiger partial charge in [0.15, 0.2) is 6.10 Å². The second-order valence-corrected chi connectivity index (χ2v) is 6.07. The zero-order valence-corrected chi connectivity index (χ0v) is 12.3. The van der Waals surface area contributed by atoms with Crippen molar-refractivity contribution in [2.75, 3.05) is 13.1 Å². The standard InChI is InChI=1S/C14H14ClFN2OS/c15-11-7-10(16)1-2-12(11)19-13(9-3-4-17-8-9)14-18-5-6-20-14/h1-2,5-7,9,13,17H,3-4,8H2. The Morgan fingerprint density at radius 2 is 2.40 bits per heavy atom. The molecule has 2 unspecified atom stereocenters. The lowest BCUT2D eigenvalue weighted by atomic mass is 10.0. The fourth-order valence-corrected chi connectivity index (χ4v) is 3.34. The van der Waals surface area contributed by atoms with Crippen molar-refractivity contribution >= 4 is 22.9 Å². The Morgan fingerprint density at radius 3 is 3.05 bits per heavy atom. The maximum atomic E-state index is 13.1. The van der Waals surface area contributed by atoms with Crippen LogP contribution >= 0.6 is 22.9 Å². The van der Waals surface area contributed by atoms with Gasteiger partial charge in [0.1, 0.15) is 16.6 Å². The van der Waals surface area contributed by atoms with Crippen molar-refractivity contribution in [1.29, 1.82) is 0 Å². The van der Waals surface area contributed by atoms with Gasteiger partial charge in [-0.3, -0.25) is 0 Å². The number of nitrogens with zero attached hydrogens (tertiary/aromatic N) is 1. The van der Waals surface area contributed by atoms with Gasteiger partial charge in [-0.2, -0.15) is 0 Å². The first-order valence-corrected chi connectivity index (χ1v) is 7.71. The topological polar surface area (TPSA) is 34.1 Å². The summed E-state index contributed by atoms with van der Waals surface area (Å²) in [5.74, 6) is 0.484. The van der Waals surface area contributed by atoms with E-state index in [-0.39, 0.29) is 16.9 Å². The lowest BCUT2D eigenvalue weighted by Gasteiger charge is -2.23. The van der Waals surface area contributed by atoms with Gasteiger partial charge in [-0.05, 0) is 31.2 Å². The molecule has 106 valence electrons. The first-order chi connectivity index (χ1) is 9.74. The van der Waals surface area contributed by atoms with E-state index in [1.165, 1.54) is 12.1 Å². The van der Waals surface area contributed by atoms with Crippen molar-refractivity contribution in [3.63, 3.8) is 0 Å². The molecule has 3 rings (SSSR count). The van der Waals surface area contributed by atoms with Crippen molar-refractivity contribution in [2.45, 2.75) is 12.5 Å². The van der Waals surface area contributed by atoms with Crippen molar-refractivity contribution < 1.29 is 9.13 Å². The average molecular weight is 313 g/mol. The summed E-state index contributed by atoms with van der Waals surface area (Å²) < 4.78 is 19.1. The van der Waals surface area contributed by atoms with E-state index in [9.17, 15) is 4.39 Å². The molecular formula is C14H14ClFN2OS. The Morgan fingerprint density at radius 1 is 1.50 bits per heavy atom. The number of halogens is 2. The maximum Gasteiger partial charge on any atom is 0.154 e. The van der Waals surface area contributed by atoms with Gasteiger partial charge in [0.05, 0.1) is 5.02 Å². The summed E-state index contributed by atoms with van der Waals surface area (Å²) in [5, 5.41) is 6.48. The zero-order valence-electron chi connectivity index (χ0n) is 10.7. The van der Waals surface area contributed by atoms with Crippen molar-refractivity contribution in [1.82, 2.24) is 10.3 Å². The van der Waals surface area contributed by atoms with Crippen LogP contribution in [0.2, 0.25) is 5.02 Å². The number of aromatic nitrogens is 1. The fraction of sp³-hybridized carbons (Fsp3) is 0.357. The highest BCUT2D eigenvalue weighted by atomic mass is 35.5. The van der Waals surface area contributed by atoms with E-state index < -0.39 is 0 Å². The van der Waals surface area contributed by atoms with Gasteiger partial charge in [-0.25, -0.2) is 9.37 Å². The minimum absolute atomic E-state index is 0.145. The van der Waals surface area contributed by atoms with Crippen molar-refractivity contribution in [3.05, 3.63) is 45.6 Å². The molecule has 3 nitrogen and oxygen atoms in total. The number of ether oxygens (including phenoxy) is 1. The highest BCUT2D eigenvalue weighted by Gasteiger charge is 2.30. The summed E-state index contributed by atoms with van der Waals surface area (Å²) in [6.07, 6.45) is 2.65. The first kappa shape index (κ1) is 13.8. The molecule has 1 saturated heterocycles. The van der Waals surface area contributed by atoms with Crippen LogP contribution in [-0.4, -0.2) is 18.1 Å². The van der Waals surface area contributed by atoms with Crippen LogP contribution < -0.4 is 10.1 Å². The molecule has 1 aliphatic heterocycles. The van der Waals surface area contributed by atoms with Crippen LogP contribution in [0.15, 0.2) is 29.8 Å². The number of rotatable bonds is 4. The Labute approximate surface area is 125 Å². The summed E-state index contributed by atoms with van der Waals surface area (Å²) in [5.41, 5.74) is 0. The average Bonchev–Trinajstić information content (AvgIpc) is 3.11.